The van der Waals surface area contributed by atoms with Crippen molar-refractivity contribution in [3.05, 3.63) is 65.7 Å². The van der Waals surface area contributed by atoms with Crippen LogP contribution in [0.5, 0.6) is 17.2 Å². The fraction of sp³-hybridized carbons (Fsp3) is 0.0161. The van der Waals surface area contributed by atoms with Gasteiger partial charge in [0.1, 0.15) is 42.4 Å². The third kappa shape index (κ3) is 23.5. The molecule has 3 aromatic rings. The van der Waals surface area contributed by atoms with Crippen LogP contribution in [0.15, 0.2) is 54.6 Å². The molecule has 4 heteroatoms. The molecule has 0 heterocycles. The molecule has 0 radical (unpaired) electrons. The van der Waals surface area contributed by atoms with Crippen molar-refractivity contribution >= 4 is 17.1 Å². The standard InChI is InChI=1S/C62H14O4/c1-3-5-7-9-11-13-15-17-19-21-23-25-27-29-31-33-35-37-39-41-47-64-61-50-57(55-66-60-46-45-58-49-56(54-63)43-44-59(58)52-60)51-62(53-61)65-48-42-40-38-36-34-32-30-28-26-24-22-20-18-16-14-12-10-8-6-4-2/h1-2,43-46,49-54H,55H2. The number of carbonyl (C=O) groups excluding carboxylic acids is 1. The van der Waals surface area contributed by atoms with E-state index in [0.717, 1.165) is 17.1 Å². The molecule has 3 rings (SSSR count). The molecule has 0 saturated heterocycles. The Hall–Kier alpha value is -12.7. The summed E-state index contributed by atoms with van der Waals surface area (Å²) >= 11 is 0. The molecule has 0 aliphatic heterocycles. The van der Waals surface area contributed by atoms with Gasteiger partial charge in [0.05, 0.1) is 0 Å². The van der Waals surface area contributed by atoms with Gasteiger partial charge in [0.15, 0.2) is 0 Å². The van der Waals surface area contributed by atoms with Gasteiger partial charge < -0.3 is 14.2 Å². The van der Waals surface area contributed by atoms with Crippen molar-refractivity contribution in [3.8, 4) is 279 Å². The smallest absolute Gasteiger partial charge is 0.150 e. The normalized spacial score (nSPS) is 6.27. The molecule has 4 nitrogen and oxygen atoms in total. The lowest BCUT2D eigenvalue weighted by Crippen LogP contribution is -1.97. The number of hydrogen-bond donors (Lipinski definition) is 0. The summed E-state index contributed by atoms with van der Waals surface area (Å²) in [4.78, 5) is 11.2. The molecule has 0 aromatic heterocycles. The molecule has 0 atom stereocenters. The molecule has 0 amide bonds. The zero-order valence-electron chi connectivity index (χ0n) is 33.8. The minimum atomic E-state index is 0.142. The SMILES string of the molecule is C#CC#CC#CC#CC#CC#CC#CC#CC#CC#CC#COc1cc(COc2ccc3cc(C=O)ccc3c2)cc(OC#CC#CC#CC#CC#CC#CC#CC#CC#CC#CC#C)c1. The van der Waals surface area contributed by atoms with Gasteiger partial charge in [-0.15, -0.1) is 12.8 Å². The molecule has 0 unspecified atom stereocenters. The summed E-state index contributed by atoms with van der Waals surface area (Å²) in [6, 6.07) is 15.9. The minimum Gasteiger partial charge on any atom is -0.489 e. The Balaban J connectivity index is 1.64. The Morgan fingerprint density at radius 1 is 0.348 bits per heavy atom. The zero-order chi connectivity index (χ0) is 46.6. The van der Waals surface area contributed by atoms with E-state index in [1.54, 1.807) is 30.3 Å². The van der Waals surface area contributed by atoms with Gasteiger partial charge in [0.2, 0.25) is 0 Å². The monoisotopic (exact) mass is 822 g/mol. The van der Waals surface area contributed by atoms with E-state index in [2.05, 4.69) is 249 Å². The van der Waals surface area contributed by atoms with Crippen LogP contribution >= 0.6 is 0 Å². The van der Waals surface area contributed by atoms with E-state index < -0.39 is 0 Å². The lowest BCUT2D eigenvalue weighted by Gasteiger charge is -2.10. The second-order valence-electron chi connectivity index (χ2n) is 10.4. The molecule has 66 heavy (non-hydrogen) atoms. The van der Waals surface area contributed by atoms with Crippen LogP contribution in [0.4, 0.5) is 0 Å². The molecule has 0 aliphatic carbocycles. The van der Waals surface area contributed by atoms with Gasteiger partial charge in [0, 0.05) is 154 Å². The molecular formula is C62H14O4. The van der Waals surface area contributed by atoms with Crippen molar-refractivity contribution in [1.29, 1.82) is 0 Å². The summed E-state index contributed by atoms with van der Waals surface area (Å²) in [5, 5.41) is 1.81. The summed E-state index contributed by atoms with van der Waals surface area (Å²) < 4.78 is 17.2. The van der Waals surface area contributed by atoms with Gasteiger partial charge in [-0.1, -0.05) is 18.2 Å². The largest absolute Gasteiger partial charge is 0.489 e. The summed E-state index contributed by atoms with van der Waals surface area (Å²) in [7, 11) is 0. The third-order valence-corrected chi connectivity index (χ3v) is 6.15. The van der Waals surface area contributed by atoms with Crippen LogP contribution in [0.2, 0.25) is 0 Å². The Morgan fingerprint density at radius 3 is 1.02 bits per heavy atom. The average Bonchev–Trinajstić information content (AvgIpc) is 3.34. The summed E-state index contributed by atoms with van der Waals surface area (Å²) in [5.74, 6) is 100. The van der Waals surface area contributed by atoms with E-state index in [1.807, 2.05) is 24.3 Å². The number of ether oxygens (including phenoxy) is 3. The molecular weight excluding hydrogens is 809 g/mol. The van der Waals surface area contributed by atoms with E-state index >= 15 is 0 Å². The first-order valence-corrected chi connectivity index (χ1v) is 17.7. The van der Waals surface area contributed by atoms with Gasteiger partial charge in [-0.05, 0) is 141 Å². The van der Waals surface area contributed by atoms with Crippen LogP contribution < -0.4 is 14.2 Å². The van der Waals surface area contributed by atoms with Crippen molar-refractivity contribution < 1.29 is 19.0 Å². The van der Waals surface area contributed by atoms with Crippen LogP contribution in [-0.2, 0) is 6.61 Å². The highest BCUT2D eigenvalue weighted by molar-refractivity contribution is 5.89. The number of aldehydes is 1. The number of hydrogen-bond acceptors (Lipinski definition) is 4. The fourth-order valence-electron chi connectivity index (χ4n) is 3.76. The molecule has 0 N–H and O–H groups in total. The highest BCUT2D eigenvalue weighted by Gasteiger charge is 2.06. The minimum absolute atomic E-state index is 0.142. The topological polar surface area (TPSA) is 44.8 Å². The first-order valence-electron chi connectivity index (χ1n) is 17.7. The van der Waals surface area contributed by atoms with Gasteiger partial charge in [-0.2, -0.15) is 0 Å². The van der Waals surface area contributed by atoms with E-state index in [1.165, 1.54) is 0 Å². The lowest BCUT2D eigenvalue weighted by atomic mass is 10.1. The second kappa shape index (κ2) is 33.3. The number of rotatable bonds is 6. The Kier molecular flexibility index (Phi) is 24.1. The van der Waals surface area contributed by atoms with Crippen LogP contribution in [0.3, 0.4) is 0 Å². The number of carbonyl (C=O) groups is 1. The average molecular weight is 823 g/mol. The molecule has 0 fully saturated rings. The quantitative estimate of drug-likeness (QED) is 0.276. The van der Waals surface area contributed by atoms with E-state index in [-0.39, 0.29) is 6.61 Å². The first kappa shape index (κ1) is 47.7. The summed E-state index contributed by atoms with van der Waals surface area (Å²) in [6.07, 6.45) is 15.7. The van der Waals surface area contributed by atoms with Crippen molar-refractivity contribution in [3.63, 3.8) is 0 Å². The van der Waals surface area contributed by atoms with Gasteiger partial charge in [-0.25, -0.2) is 0 Å². The Labute approximate surface area is 385 Å². The molecule has 286 valence electrons. The van der Waals surface area contributed by atoms with E-state index in [9.17, 15) is 4.79 Å². The molecule has 0 saturated carbocycles. The van der Waals surface area contributed by atoms with Crippen molar-refractivity contribution in [1.82, 2.24) is 0 Å². The van der Waals surface area contributed by atoms with Crippen molar-refractivity contribution in [2.75, 3.05) is 0 Å². The third-order valence-electron chi connectivity index (χ3n) is 6.15. The van der Waals surface area contributed by atoms with E-state index in [4.69, 9.17) is 27.1 Å². The van der Waals surface area contributed by atoms with Crippen LogP contribution in [0.1, 0.15) is 15.9 Å². The molecule has 0 spiro atoms. The Bertz CT molecular complexity index is 3720. The Morgan fingerprint density at radius 2 is 0.667 bits per heavy atom. The predicted molar refractivity (Wildman–Crippen MR) is 255 cm³/mol. The van der Waals surface area contributed by atoms with Crippen molar-refractivity contribution in [2.24, 2.45) is 0 Å². The maximum absolute atomic E-state index is 11.2. The van der Waals surface area contributed by atoms with Gasteiger partial charge in [-0.3, -0.25) is 4.79 Å². The lowest BCUT2D eigenvalue weighted by molar-refractivity contribution is 0.112. The fourth-order valence-corrected chi connectivity index (χ4v) is 3.76. The van der Waals surface area contributed by atoms with Gasteiger partial charge in [0.25, 0.3) is 0 Å². The number of terminal acetylenes is 2. The summed E-state index contributed by atoms with van der Waals surface area (Å²) in [6.45, 7) is 0.142. The summed E-state index contributed by atoms with van der Waals surface area (Å²) in [5.41, 5.74) is 1.26. The molecule has 3 aromatic carbocycles. The van der Waals surface area contributed by atoms with Crippen LogP contribution in [-0.4, -0.2) is 6.29 Å². The maximum atomic E-state index is 11.2. The molecule has 0 bridgehead atoms. The van der Waals surface area contributed by atoms with Gasteiger partial charge >= 0.3 is 0 Å². The zero-order valence-corrected chi connectivity index (χ0v) is 33.8. The van der Waals surface area contributed by atoms with E-state index in [0.29, 0.717) is 28.4 Å². The van der Waals surface area contributed by atoms with Crippen molar-refractivity contribution in [2.45, 2.75) is 6.61 Å². The first-order chi connectivity index (χ1) is 32.7. The highest BCUT2D eigenvalue weighted by Crippen LogP contribution is 2.26. The van der Waals surface area contributed by atoms with Crippen LogP contribution in [0, 0.1) is 262 Å². The maximum Gasteiger partial charge on any atom is 0.150 e. The predicted octanol–water partition coefficient (Wildman–Crippen LogP) is 4.24. The van der Waals surface area contributed by atoms with Crippen LogP contribution in [0.25, 0.3) is 10.8 Å². The molecule has 0 aliphatic rings. The number of benzene rings is 3. The number of fused-ring (bicyclic) bond motifs is 1. The highest BCUT2D eigenvalue weighted by atomic mass is 16.5. The second-order valence-corrected chi connectivity index (χ2v) is 10.4.